The molecule has 7 heteroatoms. The minimum absolute atomic E-state index is 0.00262. The summed E-state index contributed by atoms with van der Waals surface area (Å²) in [5.74, 6) is 0.182. The molecule has 1 aromatic heterocycles. The minimum atomic E-state index is -4.49. The molecule has 3 nitrogen and oxygen atoms in total. The maximum absolute atomic E-state index is 13.0. The number of aromatic nitrogens is 2. The van der Waals surface area contributed by atoms with E-state index in [0.717, 1.165) is 6.07 Å². The number of benzene rings is 1. The SMILES string of the molecule is NC1(c2nc(Cl)c3cccc(C(F)(F)F)c3n2)CC1. The second-order valence-corrected chi connectivity index (χ2v) is 5.05. The third-order valence-corrected chi connectivity index (χ3v) is 3.51. The van der Waals surface area contributed by atoms with Gasteiger partial charge in [0, 0.05) is 5.39 Å². The Labute approximate surface area is 111 Å². The van der Waals surface area contributed by atoms with E-state index >= 15 is 0 Å². The molecule has 2 aromatic rings. The predicted octanol–water partition coefficient (Wildman–Crippen LogP) is 3.25. The molecule has 19 heavy (non-hydrogen) atoms. The Morgan fingerprint density at radius 1 is 1.21 bits per heavy atom. The molecule has 0 atom stereocenters. The fourth-order valence-corrected chi connectivity index (χ4v) is 2.16. The molecule has 1 fully saturated rings. The van der Waals surface area contributed by atoms with Gasteiger partial charge in [-0.3, -0.25) is 0 Å². The Morgan fingerprint density at radius 3 is 2.47 bits per heavy atom. The van der Waals surface area contributed by atoms with E-state index in [0.29, 0.717) is 12.8 Å². The molecular weight excluding hydrogens is 279 g/mol. The highest BCUT2D eigenvalue weighted by atomic mass is 35.5. The number of halogens is 4. The van der Waals surface area contributed by atoms with Crippen LogP contribution in [0, 0.1) is 0 Å². The summed E-state index contributed by atoms with van der Waals surface area (Å²) in [6.07, 6.45) is -3.17. The van der Waals surface area contributed by atoms with Crippen molar-refractivity contribution < 1.29 is 13.2 Å². The van der Waals surface area contributed by atoms with Gasteiger partial charge < -0.3 is 5.73 Å². The fraction of sp³-hybridized carbons (Fsp3) is 0.333. The van der Waals surface area contributed by atoms with Crippen LogP contribution in [0.1, 0.15) is 24.2 Å². The molecule has 1 aromatic carbocycles. The number of hydrogen-bond acceptors (Lipinski definition) is 3. The molecule has 1 heterocycles. The monoisotopic (exact) mass is 287 g/mol. The average Bonchev–Trinajstić information content (AvgIpc) is 3.07. The number of para-hydroxylation sites is 1. The van der Waals surface area contributed by atoms with Crippen molar-refractivity contribution in [2.24, 2.45) is 5.73 Å². The molecule has 1 saturated carbocycles. The van der Waals surface area contributed by atoms with E-state index in [2.05, 4.69) is 9.97 Å². The first-order chi connectivity index (χ1) is 8.81. The minimum Gasteiger partial charge on any atom is -0.319 e. The molecule has 0 bridgehead atoms. The first-order valence-electron chi connectivity index (χ1n) is 5.64. The highest BCUT2D eigenvalue weighted by Gasteiger charge is 2.44. The smallest absolute Gasteiger partial charge is 0.319 e. The van der Waals surface area contributed by atoms with E-state index in [1.54, 1.807) is 0 Å². The van der Waals surface area contributed by atoms with Crippen LogP contribution in [0.3, 0.4) is 0 Å². The fourth-order valence-electron chi connectivity index (χ4n) is 1.92. The largest absolute Gasteiger partial charge is 0.418 e. The Bertz CT molecular complexity index is 665. The quantitative estimate of drug-likeness (QED) is 0.819. The van der Waals surface area contributed by atoms with Gasteiger partial charge in [-0.05, 0) is 25.0 Å². The molecule has 0 unspecified atom stereocenters. The standard InChI is InChI=1S/C12H9ClF3N3/c13-9-6-2-1-3-7(12(14,15)16)8(6)18-10(19-9)11(17)4-5-11/h1-3H,4-5,17H2. The molecule has 100 valence electrons. The number of nitrogens with two attached hydrogens (primary N) is 1. The Balaban J connectivity index is 2.32. The summed E-state index contributed by atoms with van der Waals surface area (Å²) >= 11 is 5.94. The third-order valence-electron chi connectivity index (χ3n) is 3.22. The van der Waals surface area contributed by atoms with E-state index in [-0.39, 0.29) is 21.9 Å². The van der Waals surface area contributed by atoms with Crippen molar-refractivity contribution in [2.75, 3.05) is 0 Å². The van der Waals surface area contributed by atoms with Crippen LogP contribution in [0.15, 0.2) is 18.2 Å². The van der Waals surface area contributed by atoms with Crippen molar-refractivity contribution in [3.8, 4) is 0 Å². The third kappa shape index (κ3) is 2.04. The molecule has 1 aliphatic carbocycles. The van der Waals surface area contributed by atoms with E-state index in [9.17, 15) is 13.2 Å². The van der Waals surface area contributed by atoms with Crippen molar-refractivity contribution in [3.63, 3.8) is 0 Å². The second-order valence-electron chi connectivity index (χ2n) is 4.69. The average molecular weight is 288 g/mol. The van der Waals surface area contributed by atoms with E-state index < -0.39 is 17.3 Å². The summed E-state index contributed by atoms with van der Waals surface area (Å²) in [6, 6.07) is 3.73. The van der Waals surface area contributed by atoms with Gasteiger partial charge in [-0.2, -0.15) is 13.2 Å². The zero-order valence-corrected chi connectivity index (χ0v) is 10.4. The van der Waals surface area contributed by atoms with Gasteiger partial charge in [-0.15, -0.1) is 0 Å². The second kappa shape index (κ2) is 3.80. The molecule has 0 spiro atoms. The van der Waals surface area contributed by atoms with Gasteiger partial charge in [0.2, 0.25) is 0 Å². The Morgan fingerprint density at radius 2 is 1.89 bits per heavy atom. The molecule has 2 N–H and O–H groups in total. The molecule has 1 aliphatic rings. The summed E-state index contributed by atoms with van der Waals surface area (Å²) in [6.45, 7) is 0. The number of hydrogen-bond donors (Lipinski definition) is 1. The number of nitrogens with zero attached hydrogens (tertiary/aromatic N) is 2. The van der Waals surface area contributed by atoms with Crippen LogP contribution in [-0.4, -0.2) is 9.97 Å². The number of rotatable bonds is 1. The summed E-state index contributed by atoms with van der Waals surface area (Å²) in [4.78, 5) is 8.02. The lowest BCUT2D eigenvalue weighted by Crippen LogP contribution is -2.22. The first kappa shape index (κ1) is 12.6. The van der Waals surface area contributed by atoms with E-state index in [1.807, 2.05) is 0 Å². The van der Waals surface area contributed by atoms with Crippen LogP contribution in [-0.2, 0) is 11.7 Å². The van der Waals surface area contributed by atoms with Crippen molar-refractivity contribution in [1.29, 1.82) is 0 Å². The van der Waals surface area contributed by atoms with Crippen LogP contribution in [0.2, 0.25) is 5.15 Å². The van der Waals surface area contributed by atoms with Crippen molar-refractivity contribution in [1.82, 2.24) is 9.97 Å². The van der Waals surface area contributed by atoms with E-state index in [4.69, 9.17) is 17.3 Å². The summed E-state index contributed by atoms with van der Waals surface area (Å²) in [5, 5.41) is 0.187. The van der Waals surface area contributed by atoms with Crippen molar-refractivity contribution in [2.45, 2.75) is 24.6 Å². The highest BCUT2D eigenvalue weighted by molar-refractivity contribution is 6.34. The van der Waals surface area contributed by atoms with Gasteiger partial charge >= 0.3 is 6.18 Å². The lowest BCUT2D eigenvalue weighted by molar-refractivity contribution is -0.136. The van der Waals surface area contributed by atoms with Gasteiger partial charge in [0.1, 0.15) is 5.15 Å². The van der Waals surface area contributed by atoms with Gasteiger partial charge in [-0.1, -0.05) is 17.7 Å². The lowest BCUT2D eigenvalue weighted by Gasteiger charge is -2.13. The Kier molecular flexibility index (Phi) is 2.53. The molecule has 3 rings (SSSR count). The van der Waals surface area contributed by atoms with Crippen LogP contribution in [0.5, 0.6) is 0 Å². The van der Waals surface area contributed by atoms with Crippen LogP contribution < -0.4 is 5.73 Å². The zero-order valence-electron chi connectivity index (χ0n) is 9.63. The summed E-state index contributed by atoms with van der Waals surface area (Å²) in [7, 11) is 0. The van der Waals surface area contributed by atoms with Crippen LogP contribution in [0.4, 0.5) is 13.2 Å². The molecule has 0 amide bonds. The van der Waals surface area contributed by atoms with Crippen LogP contribution in [0.25, 0.3) is 10.9 Å². The first-order valence-corrected chi connectivity index (χ1v) is 6.02. The zero-order chi connectivity index (χ0) is 13.8. The van der Waals surface area contributed by atoms with Gasteiger partial charge in [0.05, 0.1) is 16.6 Å². The maximum Gasteiger partial charge on any atom is 0.418 e. The van der Waals surface area contributed by atoms with Crippen LogP contribution >= 0.6 is 11.6 Å². The summed E-state index contributed by atoms with van der Waals surface area (Å²) in [5.41, 5.74) is 4.18. The van der Waals surface area contributed by atoms with Crippen molar-refractivity contribution >= 4 is 22.5 Å². The summed E-state index contributed by atoms with van der Waals surface area (Å²) < 4.78 is 38.9. The number of fused-ring (bicyclic) bond motifs is 1. The molecule has 0 radical (unpaired) electrons. The topological polar surface area (TPSA) is 51.8 Å². The predicted molar refractivity (Wildman–Crippen MR) is 64.6 cm³/mol. The number of alkyl halides is 3. The van der Waals surface area contributed by atoms with Gasteiger partial charge in [-0.25, -0.2) is 9.97 Å². The molecule has 0 saturated heterocycles. The maximum atomic E-state index is 13.0. The normalized spacial score (nSPS) is 17.7. The Hall–Kier alpha value is -1.40. The van der Waals surface area contributed by atoms with E-state index in [1.165, 1.54) is 12.1 Å². The lowest BCUT2D eigenvalue weighted by atomic mass is 10.1. The highest BCUT2D eigenvalue weighted by Crippen LogP contribution is 2.43. The molecule has 0 aliphatic heterocycles. The van der Waals surface area contributed by atoms with Gasteiger partial charge in [0.25, 0.3) is 0 Å². The van der Waals surface area contributed by atoms with Gasteiger partial charge in [0.15, 0.2) is 5.82 Å². The molecular formula is C12H9ClF3N3. The van der Waals surface area contributed by atoms with Crippen molar-refractivity contribution in [3.05, 3.63) is 34.7 Å².